The van der Waals surface area contributed by atoms with Crippen LogP contribution >= 0.6 is 0 Å². The van der Waals surface area contributed by atoms with Gasteiger partial charge >= 0.3 is 0 Å². The number of aromatic hydroxyl groups is 1. The third kappa shape index (κ3) is 4.92. The van der Waals surface area contributed by atoms with E-state index < -0.39 is 17.1 Å². The number of hydrogen-bond donors (Lipinski definition) is 2. The molecule has 2 aromatic carbocycles. The Morgan fingerprint density at radius 3 is 2.57 bits per heavy atom. The molecule has 1 atom stereocenters. The molecule has 0 aliphatic rings. The van der Waals surface area contributed by atoms with Gasteiger partial charge in [-0.25, -0.2) is 4.39 Å². The molecule has 0 bridgehead atoms. The van der Waals surface area contributed by atoms with Gasteiger partial charge in [0.25, 0.3) is 5.91 Å². The summed E-state index contributed by atoms with van der Waals surface area (Å²) in [6.45, 7) is 2.74. The maximum atomic E-state index is 13.9. The van der Waals surface area contributed by atoms with Crippen LogP contribution in [0.5, 0.6) is 5.75 Å². The standard InChI is InChI=1S/C23H24FN3O3/c1-2-12-27(23(30)21-22(29)20(28)15-25-26-21)13-11-19(16-7-4-3-5-8-16)17-9-6-10-18(24)14-17/h3-10,14-15,19H,2,11-13H2,1H3,(H,25,29)(H,26,28). The predicted molar refractivity (Wildman–Crippen MR) is 112 cm³/mol. The molecule has 0 spiro atoms. The number of carbonyl (C=O) groups excluding carboxylic acids is 1. The van der Waals surface area contributed by atoms with E-state index in [1.54, 1.807) is 11.0 Å². The van der Waals surface area contributed by atoms with Gasteiger partial charge in [0, 0.05) is 19.0 Å². The highest BCUT2D eigenvalue weighted by Gasteiger charge is 2.23. The zero-order valence-corrected chi connectivity index (χ0v) is 16.7. The number of carbonyl (C=O) groups is 1. The van der Waals surface area contributed by atoms with E-state index >= 15 is 0 Å². The van der Waals surface area contributed by atoms with Gasteiger partial charge in [-0.3, -0.25) is 14.7 Å². The minimum atomic E-state index is -0.713. The second-order valence-electron chi connectivity index (χ2n) is 7.06. The van der Waals surface area contributed by atoms with E-state index in [0.29, 0.717) is 25.9 Å². The normalized spacial score (nSPS) is 11.8. The fraction of sp³-hybridized carbons (Fsp3) is 0.261. The summed E-state index contributed by atoms with van der Waals surface area (Å²) >= 11 is 0. The number of nitrogens with one attached hydrogen (secondary N) is 1. The second kappa shape index (κ2) is 9.82. The third-order valence-corrected chi connectivity index (χ3v) is 4.96. The van der Waals surface area contributed by atoms with Crippen molar-refractivity contribution in [1.82, 2.24) is 15.1 Å². The Labute approximate surface area is 174 Å². The minimum Gasteiger partial charge on any atom is -0.502 e. The third-order valence-electron chi connectivity index (χ3n) is 4.96. The molecule has 30 heavy (non-hydrogen) atoms. The van der Waals surface area contributed by atoms with Crippen LogP contribution in [0.1, 0.15) is 47.3 Å². The number of amides is 1. The van der Waals surface area contributed by atoms with Gasteiger partial charge in [-0.05, 0) is 36.1 Å². The minimum absolute atomic E-state index is 0.115. The molecule has 1 amide bonds. The van der Waals surface area contributed by atoms with E-state index in [4.69, 9.17) is 0 Å². The summed E-state index contributed by atoms with van der Waals surface area (Å²) < 4.78 is 13.9. The van der Waals surface area contributed by atoms with E-state index in [0.717, 1.165) is 17.3 Å². The molecule has 0 radical (unpaired) electrons. The monoisotopic (exact) mass is 409 g/mol. The highest BCUT2D eigenvalue weighted by molar-refractivity contribution is 5.94. The van der Waals surface area contributed by atoms with Gasteiger partial charge in [-0.2, -0.15) is 5.10 Å². The van der Waals surface area contributed by atoms with Crippen LogP contribution in [-0.4, -0.2) is 39.2 Å². The molecular weight excluding hydrogens is 385 g/mol. The van der Waals surface area contributed by atoms with Crippen molar-refractivity contribution in [1.29, 1.82) is 0 Å². The molecule has 7 heteroatoms. The number of rotatable bonds is 8. The Balaban J connectivity index is 1.87. The summed E-state index contributed by atoms with van der Waals surface area (Å²) in [6.07, 6.45) is 2.17. The molecule has 3 aromatic rings. The first-order valence-corrected chi connectivity index (χ1v) is 9.87. The Bertz CT molecular complexity index is 1050. The lowest BCUT2D eigenvalue weighted by atomic mass is 9.88. The molecule has 1 aromatic heterocycles. The summed E-state index contributed by atoms with van der Waals surface area (Å²) in [4.78, 5) is 26.2. The fourth-order valence-corrected chi connectivity index (χ4v) is 3.50. The van der Waals surface area contributed by atoms with Gasteiger partial charge in [0.2, 0.25) is 5.43 Å². The molecule has 6 nitrogen and oxygen atoms in total. The fourth-order valence-electron chi connectivity index (χ4n) is 3.50. The molecule has 2 N–H and O–H groups in total. The average molecular weight is 409 g/mol. The van der Waals surface area contributed by atoms with Crippen LogP contribution < -0.4 is 5.43 Å². The van der Waals surface area contributed by atoms with Crippen molar-refractivity contribution in [3.05, 3.63) is 93.7 Å². The first-order valence-electron chi connectivity index (χ1n) is 9.87. The van der Waals surface area contributed by atoms with Gasteiger partial charge in [0.15, 0.2) is 11.4 Å². The summed E-state index contributed by atoms with van der Waals surface area (Å²) in [5, 5.41) is 16.0. The van der Waals surface area contributed by atoms with E-state index in [1.807, 2.05) is 43.3 Å². The molecular formula is C23H24FN3O3. The lowest BCUT2D eigenvalue weighted by Crippen LogP contribution is -2.35. The number of aromatic nitrogens is 2. The van der Waals surface area contributed by atoms with Crippen molar-refractivity contribution in [3.63, 3.8) is 0 Å². The lowest BCUT2D eigenvalue weighted by Gasteiger charge is -2.26. The predicted octanol–water partition coefficient (Wildman–Crippen LogP) is 3.69. The van der Waals surface area contributed by atoms with Crippen molar-refractivity contribution in [3.8, 4) is 5.75 Å². The van der Waals surface area contributed by atoms with E-state index in [-0.39, 0.29) is 17.4 Å². The van der Waals surface area contributed by atoms with Crippen LogP contribution in [0.4, 0.5) is 4.39 Å². The van der Waals surface area contributed by atoms with Crippen molar-refractivity contribution in [2.24, 2.45) is 0 Å². The topological polar surface area (TPSA) is 86.3 Å². The Morgan fingerprint density at radius 1 is 1.13 bits per heavy atom. The van der Waals surface area contributed by atoms with Gasteiger partial charge in [-0.15, -0.1) is 0 Å². The highest BCUT2D eigenvalue weighted by atomic mass is 19.1. The van der Waals surface area contributed by atoms with Crippen molar-refractivity contribution in [2.45, 2.75) is 25.7 Å². The SMILES string of the molecule is CCCN(CCC(c1ccccc1)c1cccc(F)c1)C(=O)c1[nH]ncc(=O)c1O. The number of aromatic amines is 1. The zero-order valence-electron chi connectivity index (χ0n) is 16.7. The molecule has 0 aliphatic heterocycles. The van der Waals surface area contributed by atoms with Crippen LogP contribution in [-0.2, 0) is 0 Å². The van der Waals surface area contributed by atoms with Gasteiger partial charge < -0.3 is 10.0 Å². The number of hydrogen-bond acceptors (Lipinski definition) is 4. The molecule has 0 saturated heterocycles. The molecule has 1 unspecified atom stereocenters. The second-order valence-corrected chi connectivity index (χ2v) is 7.06. The van der Waals surface area contributed by atoms with Crippen LogP contribution in [0.15, 0.2) is 65.6 Å². The quantitative estimate of drug-likeness (QED) is 0.594. The molecule has 3 rings (SSSR count). The van der Waals surface area contributed by atoms with E-state index in [9.17, 15) is 19.1 Å². The Hall–Kier alpha value is -3.48. The van der Waals surface area contributed by atoms with Crippen LogP contribution in [0.25, 0.3) is 0 Å². The Kier molecular flexibility index (Phi) is 6.95. The van der Waals surface area contributed by atoms with Gasteiger partial charge in [0.05, 0.1) is 6.20 Å². The number of nitrogens with zero attached hydrogens (tertiary/aromatic N) is 2. The lowest BCUT2D eigenvalue weighted by molar-refractivity contribution is 0.0741. The first-order chi connectivity index (χ1) is 14.5. The van der Waals surface area contributed by atoms with Crippen LogP contribution in [0.2, 0.25) is 0 Å². The number of halogens is 1. The maximum Gasteiger partial charge on any atom is 0.275 e. The smallest absolute Gasteiger partial charge is 0.275 e. The molecule has 0 saturated carbocycles. The Morgan fingerprint density at radius 2 is 1.87 bits per heavy atom. The molecule has 1 heterocycles. The largest absolute Gasteiger partial charge is 0.502 e. The summed E-state index contributed by atoms with van der Waals surface area (Å²) in [5.74, 6) is -1.56. The summed E-state index contributed by atoms with van der Waals surface area (Å²) in [6, 6.07) is 16.2. The van der Waals surface area contributed by atoms with Crippen molar-refractivity contribution < 1.29 is 14.3 Å². The number of H-pyrrole nitrogens is 1. The zero-order chi connectivity index (χ0) is 21.5. The first kappa shape index (κ1) is 21.2. The number of benzene rings is 2. The summed E-state index contributed by atoms with van der Waals surface area (Å²) in [7, 11) is 0. The van der Waals surface area contributed by atoms with Gasteiger partial charge in [-0.1, -0.05) is 49.4 Å². The molecule has 156 valence electrons. The maximum absolute atomic E-state index is 13.9. The average Bonchev–Trinajstić information content (AvgIpc) is 2.75. The van der Waals surface area contributed by atoms with Crippen LogP contribution in [0.3, 0.4) is 0 Å². The van der Waals surface area contributed by atoms with Crippen LogP contribution in [0, 0.1) is 5.82 Å². The van der Waals surface area contributed by atoms with Crippen molar-refractivity contribution in [2.75, 3.05) is 13.1 Å². The molecule has 0 fully saturated rings. The van der Waals surface area contributed by atoms with E-state index in [2.05, 4.69) is 10.2 Å². The van der Waals surface area contributed by atoms with E-state index in [1.165, 1.54) is 12.1 Å². The highest BCUT2D eigenvalue weighted by Crippen LogP contribution is 2.29. The summed E-state index contributed by atoms with van der Waals surface area (Å²) in [5.41, 5.74) is 0.904. The van der Waals surface area contributed by atoms with Crippen molar-refractivity contribution >= 4 is 5.91 Å². The van der Waals surface area contributed by atoms with Gasteiger partial charge in [0.1, 0.15) is 5.82 Å². The molecule has 0 aliphatic carbocycles.